The first-order valence-electron chi connectivity index (χ1n) is 24.8. The second-order valence-corrected chi connectivity index (χ2v) is 20.2. The molecule has 0 aliphatic carbocycles. The van der Waals surface area contributed by atoms with E-state index in [1.807, 2.05) is 22.7 Å². The third-order valence-corrected chi connectivity index (χ3v) is 16.0. The van der Waals surface area contributed by atoms with Crippen LogP contribution >= 0.6 is 22.7 Å². The summed E-state index contributed by atoms with van der Waals surface area (Å²) in [6.45, 7) is 4.61. The maximum atomic E-state index is 2.39. The lowest BCUT2D eigenvalue weighted by molar-refractivity contribution is 0.557. The van der Waals surface area contributed by atoms with Crippen LogP contribution in [0.2, 0.25) is 0 Å². The Bertz CT molecular complexity index is 2340. The van der Waals surface area contributed by atoms with Crippen molar-refractivity contribution < 1.29 is 0 Å². The fourth-order valence-corrected chi connectivity index (χ4v) is 12.5. The molecule has 2 heterocycles. The summed E-state index contributed by atoms with van der Waals surface area (Å²) in [6.07, 6.45) is 29.7. The summed E-state index contributed by atoms with van der Waals surface area (Å²) in [5.41, 5.74) is 5.86. The molecular weight excluding hydrogens is 785 g/mol. The van der Waals surface area contributed by atoms with Gasteiger partial charge in [0.1, 0.15) is 0 Å². The van der Waals surface area contributed by atoms with Gasteiger partial charge in [0, 0.05) is 30.6 Å². The molecule has 8 aromatic rings. The molecule has 0 N–H and O–H groups in total. The average Bonchev–Trinajstić information content (AvgIpc) is 4.00. The van der Waals surface area contributed by atoms with E-state index in [-0.39, 0.29) is 0 Å². The van der Waals surface area contributed by atoms with Crippen LogP contribution in [0.5, 0.6) is 0 Å². The van der Waals surface area contributed by atoms with Crippen molar-refractivity contribution >= 4 is 65.8 Å². The van der Waals surface area contributed by atoms with Gasteiger partial charge in [0.15, 0.2) is 0 Å². The molecule has 0 atom stereocenters. The van der Waals surface area contributed by atoms with E-state index < -0.39 is 0 Å². The van der Waals surface area contributed by atoms with Gasteiger partial charge in [-0.3, -0.25) is 0 Å². The standard InChI is InChI=1S/C60H70S2/c1-3-5-7-9-11-13-15-17-19-21-31-45-47-33-23-27-37-51(47)59(52-38-28-24-34-48(45)52)57-43-41-55(61-57)56-42-44-58(62-56)60-53-39-29-25-35-49(53)46(50-36-26-30-40-54(50)60)32-22-20-18-16-14-12-10-8-6-4-2/h23-30,33-44H,3-22,31-32H2,1-2H3. The van der Waals surface area contributed by atoms with Crippen molar-refractivity contribution in [3.8, 4) is 30.6 Å². The topological polar surface area (TPSA) is 0 Å². The Morgan fingerprint density at radius 1 is 0.258 bits per heavy atom. The summed E-state index contributed by atoms with van der Waals surface area (Å²) in [7, 11) is 0. The van der Waals surface area contributed by atoms with Crippen LogP contribution < -0.4 is 0 Å². The molecule has 0 aliphatic heterocycles. The predicted octanol–water partition coefficient (Wildman–Crippen LogP) is 20.4. The highest BCUT2D eigenvalue weighted by molar-refractivity contribution is 7.25. The van der Waals surface area contributed by atoms with E-state index in [0.717, 1.165) is 12.8 Å². The second kappa shape index (κ2) is 22.9. The summed E-state index contributed by atoms with van der Waals surface area (Å²) in [6, 6.07) is 46.5. The molecule has 0 aliphatic rings. The van der Waals surface area contributed by atoms with Gasteiger partial charge in [-0.25, -0.2) is 0 Å². The van der Waals surface area contributed by atoms with E-state index >= 15 is 0 Å². The minimum atomic E-state index is 1.15. The van der Waals surface area contributed by atoms with E-state index in [2.05, 4.69) is 135 Å². The van der Waals surface area contributed by atoms with Crippen LogP contribution in [0.4, 0.5) is 0 Å². The van der Waals surface area contributed by atoms with Gasteiger partial charge in [-0.2, -0.15) is 0 Å². The van der Waals surface area contributed by atoms with E-state index in [1.165, 1.54) is 213 Å². The Hall–Kier alpha value is -4.24. The molecule has 322 valence electrons. The molecule has 0 unspecified atom stereocenters. The van der Waals surface area contributed by atoms with Gasteiger partial charge in [0.05, 0.1) is 0 Å². The largest absolute Gasteiger partial charge is 0.134 e. The number of thiophene rings is 2. The Labute approximate surface area is 381 Å². The molecular formula is C60H70S2. The fourth-order valence-electron chi connectivity index (χ4n) is 10.3. The monoisotopic (exact) mass is 854 g/mol. The van der Waals surface area contributed by atoms with Gasteiger partial charge in [-0.1, -0.05) is 226 Å². The first-order chi connectivity index (χ1) is 30.8. The van der Waals surface area contributed by atoms with Crippen LogP contribution in [-0.4, -0.2) is 0 Å². The summed E-state index contributed by atoms with van der Waals surface area (Å²) in [4.78, 5) is 5.43. The number of benzene rings is 6. The lowest BCUT2D eigenvalue weighted by Gasteiger charge is -2.16. The maximum Gasteiger partial charge on any atom is 0.0449 e. The summed E-state index contributed by atoms with van der Waals surface area (Å²) < 4.78 is 0. The number of hydrogen-bond donors (Lipinski definition) is 0. The van der Waals surface area contributed by atoms with Crippen molar-refractivity contribution in [1.82, 2.24) is 0 Å². The van der Waals surface area contributed by atoms with Gasteiger partial charge in [-0.15, -0.1) is 22.7 Å². The quantitative estimate of drug-likeness (QED) is 0.0397. The van der Waals surface area contributed by atoms with E-state index in [9.17, 15) is 0 Å². The van der Waals surface area contributed by atoms with Crippen LogP contribution in [0.1, 0.15) is 153 Å². The molecule has 0 saturated heterocycles. The molecule has 2 aromatic heterocycles. The predicted molar refractivity (Wildman–Crippen MR) is 280 cm³/mol. The van der Waals surface area contributed by atoms with Crippen LogP contribution in [0.25, 0.3) is 73.7 Å². The lowest BCUT2D eigenvalue weighted by Crippen LogP contribution is -1.94. The lowest BCUT2D eigenvalue weighted by atomic mass is 9.88. The Morgan fingerprint density at radius 3 is 0.790 bits per heavy atom. The van der Waals surface area contributed by atoms with Crippen LogP contribution in [0, 0.1) is 0 Å². The molecule has 0 nitrogen and oxygen atoms in total. The van der Waals surface area contributed by atoms with E-state index in [0.29, 0.717) is 0 Å². The molecule has 8 rings (SSSR count). The number of fused-ring (bicyclic) bond motifs is 4. The van der Waals surface area contributed by atoms with Crippen LogP contribution in [0.3, 0.4) is 0 Å². The third-order valence-electron chi connectivity index (χ3n) is 13.6. The SMILES string of the molecule is CCCCCCCCCCCCc1c2ccccc2c(-c2ccc(-c3ccc(-c4c5ccccc5c(CCCCCCCCCCCC)c5ccccc45)s3)s2)c2ccccc12. The minimum Gasteiger partial charge on any atom is -0.134 e. The fraction of sp³-hybridized carbons (Fsp3) is 0.400. The zero-order chi connectivity index (χ0) is 42.4. The first kappa shape index (κ1) is 44.4. The summed E-state index contributed by atoms with van der Waals surface area (Å²) in [5.74, 6) is 0. The van der Waals surface area contributed by atoms with Crippen molar-refractivity contribution in [2.24, 2.45) is 0 Å². The van der Waals surface area contributed by atoms with Crippen molar-refractivity contribution in [3.05, 3.63) is 132 Å². The van der Waals surface area contributed by atoms with Gasteiger partial charge < -0.3 is 0 Å². The van der Waals surface area contributed by atoms with Crippen LogP contribution in [0.15, 0.2) is 121 Å². The number of aryl methyl sites for hydroxylation is 2. The highest BCUT2D eigenvalue weighted by Gasteiger charge is 2.20. The van der Waals surface area contributed by atoms with Gasteiger partial charge in [0.2, 0.25) is 0 Å². The third kappa shape index (κ3) is 10.6. The van der Waals surface area contributed by atoms with Crippen molar-refractivity contribution in [3.63, 3.8) is 0 Å². The number of rotatable bonds is 25. The zero-order valence-electron chi connectivity index (χ0n) is 37.9. The second-order valence-electron chi connectivity index (χ2n) is 18.1. The molecule has 0 radical (unpaired) electrons. The Balaban J connectivity index is 1.02. The maximum absolute atomic E-state index is 2.39. The molecule has 0 spiro atoms. The van der Waals surface area contributed by atoms with Gasteiger partial charge in [0.25, 0.3) is 0 Å². The smallest absolute Gasteiger partial charge is 0.0449 e. The molecule has 6 aromatic carbocycles. The van der Waals surface area contributed by atoms with E-state index in [4.69, 9.17) is 0 Å². The molecule has 0 amide bonds. The zero-order valence-corrected chi connectivity index (χ0v) is 39.6. The minimum absolute atomic E-state index is 1.15. The average molecular weight is 855 g/mol. The van der Waals surface area contributed by atoms with Crippen molar-refractivity contribution in [1.29, 1.82) is 0 Å². The van der Waals surface area contributed by atoms with E-state index in [1.54, 1.807) is 0 Å². The number of hydrogen-bond acceptors (Lipinski definition) is 2. The Morgan fingerprint density at radius 2 is 0.500 bits per heavy atom. The molecule has 0 saturated carbocycles. The summed E-state index contributed by atoms with van der Waals surface area (Å²) in [5, 5.41) is 11.3. The highest BCUT2D eigenvalue weighted by Crippen LogP contribution is 2.48. The molecule has 0 bridgehead atoms. The van der Waals surface area contributed by atoms with Crippen molar-refractivity contribution in [2.45, 2.75) is 155 Å². The van der Waals surface area contributed by atoms with Crippen molar-refractivity contribution in [2.75, 3.05) is 0 Å². The van der Waals surface area contributed by atoms with Gasteiger partial charge >= 0.3 is 0 Å². The summed E-state index contributed by atoms with van der Waals surface area (Å²) >= 11 is 3.92. The number of unbranched alkanes of at least 4 members (excludes halogenated alkanes) is 18. The van der Waals surface area contributed by atoms with Crippen LogP contribution in [-0.2, 0) is 12.8 Å². The highest BCUT2D eigenvalue weighted by atomic mass is 32.1. The van der Waals surface area contributed by atoms with Gasteiger partial charge in [-0.05, 0) is 104 Å². The molecule has 62 heavy (non-hydrogen) atoms. The first-order valence-corrected chi connectivity index (χ1v) is 26.5. The molecule has 0 fully saturated rings. The Kier molecular flexibility index (Phi) is 16.4. The molecule has 2 heteroatoms. The normalized spacial score (nSPS) is 11.8.